The third-order valence-corrected chi connectivity index (χ3v) is 5.71. The average Bonchev–Trinajstić information content (AvgIpc) is 2.81. The van der Waals surface area contributed by atoms with E-state index >= 15 is 0 Å². The normalized spacial score (nSPS) is 23.3. The van der Waals surface area contributed by atoms with E-state index in [2.05, 4.69) is 10.3 Å². The summed E-state index contributed by atoms with van der Waals surface area (Å²) in [5.41, 5.74) is 0.0995. The number of rotatable bonds is 4. The molecular formula is C16H16Cl3N3O. The molecule has 3 rings (SSSR count). The number of halogens is 3. The van der Waals surface area contributed by atoms with Crippen molar-refractivity contribution in [2.45, 2.75) is 23.7 Å². The molecule has 122 valence electrons. The third-order valence-electron chi connectivity index (χ3n) is 4.35. The highest BCUT2D eigenvalue weighted by molar-refractivity contribution is 6.53. The number of imidazole rings is 1. The van der Waals surface area contributed by atoms with Crippen LogP contribution in [0.1, 0.15) is 30.8 Å². The van der Waals surface area contributed by atoms with Crippen LogP contribution in [0.5, 0.6) is 0 Å². The first-order valence-electron chi connectivity index (χ1n) is 7.16. The van der Waals surface area contributed by atoms with Crippen molar-refractivity contribution in [3.05, 3.63) is 53.1 Å². The summed E-state index contributed by atoms with van der Waals surface area (Å²) in [5.74, 6) is 0.533. The molecule has 0 unspecified atom stereocenters. The molecule has 1 saturated carbocycles. The van der Waals surface area contributed by atoms with Crippen LogP contribution in [0.2, 0.25) is 5.02 Å². The van der Waals surface area contributed by atoms with E-state index in [0.717, 1.165) is 11.4 Å². The van der Waals surface area contributed by atoms with Gasteiger partial charge in [-0.15, -0.1) is 23.2 Å². The molecular weight excluding hydrogens is 357 g/mol. The highest BCUT2D eigenvalue weighted by Gasteiger charge is 2.68. The molecule has 1 aliphatic rings. The third kappa shape index (κ3) is 2.95. The van der Waals surface area contributed by atoms with E-state index in [1.807, 2.05) is 29.9 Å². The summed E-state index contributed by atoms with van der Waals surface area (Å²) in [6.07, 6.45) is 3.95. The fraction of sp³-hybridized carbons (Fsp3) is 0.375. The molecule has 7 heteroatoms. The average molecular weight is 373 g/mol. The van der Waals surface area contributed by atoms with Gasteiger partial charge in [-0.05, 0) is 31.0 Å². The minimum atomic E-state index is -1.01. The van der Waals surface area contributed by atoms with Gasteiger partial charge in [0.25, 0.3) is 0 Å². The number of benzene rings is 1. The Labute approximate surface area is 149 Å². The quantitative estimate of drug-likeness (QED) is 0.828. The Hall–Kier alpha value is -1.23. The Bertz CT molecular complexity index is 741. The van der Waals surface area contributed by atoms with Crippen LogP contribution in [0.15, 0.2) is 36.7 Å². The van der Waals surface area contributed by atoms with Crippen molar-refractivity contribution in [1.29, 1.82) is 0 Å². The van der Waals surface area contributed by atoms with Crippen molar-refractivity contribution in [2.24, 2.45) is 12.5 Å². The number of aromatic nitrogens is 2. The number of carbonyl (C=O) groups excluding carboxylic acids is 1. The smallest absolute Gasteiger partial charge is 0.229 e. The van der Waals surface area contributed by atoms with Gasteiger partial charge in [0.2, 0.25) is 5.91 Å². The van der Waals surface area contributed by atoms with E-state index in [1.54, 1.807) is 25.3 Å². The van der Waals surface area contributed by atoms with Gasteiger partial charge in [-0.2, -0.15) is 0 Å². The molecule has 1 aromatic heterocycles. The second kappa shape index (κ2) is 5.69. The van der Waals surface area contributed by atoms with Crippen LogP contribution in [0.3, 0.4) is 0 Å². The number of amides is 1. The van der Waals surface area contributed by atoms with E-state index in [-0.39, 0.29) is 5.91 Å². The number of nitrogens with one attached hydrogen (secondary N) is 1. The second-order valence-electron chi connectivity index (χ2n) is 6.07. The zero-order valence-corrected chi connectivity index (χ0v) is 15.0. The van der Waals surface area contributed by atoms with Gasteiger partial charge in [0, 0.05) is 24.5 Å². The predicted molar refractivity (Wildman–Crippen MR) is 91.8 cm³/mol. The van der Waals surface area contributed by atoms with Crippen LogP contribution >= 0.6 is 34.8 Å². The lowest BCUT2D eigenvalue weighted by atomic mass is 10.0. The molecule has 1 aliphatic carbocycles. The summed E-state index contributed by atoms with van der Waals surface area (Å²) in [4.78, 5) is 17.0. The second-order valence-corrected chi connectivity index (χ2v) is 7.99. The number of nitrogens with zero attached hydrogens (tertiary/aromatic N) is 2. The van der Waals surface area contributed by atoms with Crippen molar-refractivity contribution in [1.82, 2.24) is 14.9 Å². The van der Waals surface area contributed by atoms with E-state index in [1.165, 1.54) is 0 Å². The lowest BCUT2D eigenvalue weighted by Crippen LogP contribution is -2.37. The molecule has 1 heterocycles. The first-order chi connectivity index (χ1) is 10.7. The topological polar surface area (TPSA) is 46.9 Å². The lowest BCUT2D eigenvalue weighted by Gasteiger charge is -2.22. The van der Waals surface area contributed by atoms with E-state index in [0.29, 0.717) is 11.4 Å². The van der Waals surface area contributed by atoms with Crippen LogP contribution in [-0.2, 0) is 11.8 Å². The molecule has 0 saturated heterocycles. The fourth-order valence-corrected chi connectivity index (χ4v) is 3.38. The highest BCUT2D eigenvalue weighted by Crippen LogP contribution is 2.64. The maximum absolute atomic E-state index is 12.7. The van der Waals surface area contributed by atoms with Crippen molar-refractivity contribution < 1.29 is 4.79 Å². The monoisotopic (exact) mass is 371 g/mol. The fourth-order valence-electron chi connectivity index (χ4n) is 2.54. The van der Waals surface area contributed by atoms with Crippen molar-refractivity contribution in [3.8, 4) is 0 Å². The Morgan fingerprint density at radius 3 is 2.43 bits per heavy atom. The van der Waals surface area contributed by atoms with Crippen LogP contribution in [0.4, 0.5) is 0 Å². The first-order valence-corrected chi connectivity index (χ1v) is 8.29. The van der Waals surface area contributed by atoms with Crippen molar-refractivity contribution >= 4 is 40.7 Å². The summed E-state index contributed by atoms with van der Waals surface area (Å²) in [6, 6.07) is 6.90. The van der Waals surface area contributed by atoms with Crippen LogP contribution in [0, 0.1) is 5.41 Å². The van der Waals surface area contributed by atoms with Gasteiger partial charge in [0.05, 0.1) is 5.41 Å². The minimum Gasteiger partial charge on any atom is -0.342 e. The van der Waals surface area contributed by atoms with Crippen LogP contribution < -0.4 is 5.32 Å². The van der Waals surface area contributed by atoms with E-state index in [9.17, 15) is 4.79 Å². The van der Waals surface area contributed by atoms with E-state index in [4.69, 9.17) is 34.8 Å². The van der Waals surface area contributed by atoms with Gasteiger partial charge in [0.1, 0.15) is 16.2 Å². The molecule has 1 N–H and O–H groups in total. The molecule has 0 aliphatic heterocycles. The number of carbonyl (C=O) groups is 1. The maximum atomic E-state index is 12.7. The Kier molecular flexibility index (Phi) is 4.11. The van der Waals surface area contributed by atoms with Gasteiger partial charge in [-0.25, -0.2) is 4.98 Å². The molecule has 2 aromatic rings. The molecule has 2 atom stereocenters. The van der Waals surface area contributed by atoms with Crippen molar-refractivity contribution in [3.63, 3.8) is 0 Å². The number of aryl methyl sites for hydroxylation is 1. The first kappa shape index (κ1) is 16.6. The highest BCUT2D eigenvalue weighted by atomic mass is 35.5. The number of hydrogen-bond acceptors (Lipinski definition) is 2. The minimum absolute atomic E-state index is 0.189. The van der Waals surface area contributed by atoms with E-state index < -0.39 is 15.8 Å². The Morgan fingerprint density at radius 1 is 1.35 bits per heavy atom. The van der Waals surface area contributed by atoms with Gasteiger partial charge in [0.15, 0.2) is 0 Å². The Morgan fingerprint density at radius 2 is 1.96 bits per heavy atom. The van der Waals surface area contributed by atoms with Gasteiger partial charge < -0.3 is 9.88 Å². The van der Waals surface area contributed by atoms with Gasteiger partial charge in [-0.1, -0.05) is 23.7 Å². The molecule has 4 nitrogen and oxygen atoms in total. The molecule has 1 amide bonds. The summed E-state index contributed by atoms with van der Waals surface area (Å²) in [6.45, 7) is 1.76. The SMILES string of the molecule is Cn1ccnc1[C@H](NC(=O)[C@]1(C)CC1(Cl)Cl)c1ccc(Cl)cc1. The lowest BCUT2D eigenvalue weighted by molar-refractivity contribution is -0.126. The molecule has 0 bridgehead atoms. The summed E-state index contributed by atoms with van der Waals surface area (Å²) >= 11 is 18.2. The largest absolute Gasteiger partial charge is 0.342 e. The van der Waals surface area contributed by atoms with Gasteiger partial charge >= 0.3 is 0 Å². The summed E-state index contributed by atoms with van der Waals surface area (Å²) in [7, 11) is 1.88. The zero-order valence-electron chi connectivity index (χ0n) is 12.7. The van der Waals surface area contributed by atoms with Crippen molar-refractivity contribution in [2.75, 3.05) is 0 Å². The summed E-state index contributed by atoms with van der Waals surface area (Å²) < 4.78 is 0.854. The molecule has 23 heavy (non-hydrogen) atoms. The van der Waals surface area contributed by atoms with Gasteiger partial charge in [-0.3, -0.25) is 4.79 Å². The molecule has 1 aromatic carbocycles. The standard InChI is InChI=1S/C16H16Cl3N3O/c1-15(9-16(15,18)19)14(23)21-12(13-20-7-8-22(13)2)10-3-5-11(17)6-4-10/h3-8,12H,9H2,1-2H3,(H,21,23)/t12-,15+/m1/s1. The molecule has 1 fully saturated rings. The number of hydrogen-bond donors (Lipinski definition) is 1. The van der Waals surface area contributed by atoms with Crippen LogP contribution in [-0.4, -0.2) is 19.8 Å². The number of alkyl halides is 2. The maximum Gasteiger partial charge on any atom is 0.229 e. The molecule has 0 spiro atoms. The Balaban J connectivity index is 1.92. The van der Waals surface area contributed by atoms with Crippen LogP contribution in [0.25, 0.3) is 0 Å². The predicted octanol–water partition coefficient (Wildman–Crippen LogP) is 3.86. The summed E-state index contributed by atoms with van der Waals surface area (Å²) in [5, 5.41) is 3.65. The zero-order chi connectivity index (χ0) is 16.8. The molecule has 0 radical (unpaired) electrons.